The number of hydrogen-bond acceptors (Lipinski definition) is 4. The molecule has 49 heavy (non-hydrogen) atoms. The number of nitrogens with two attached hydrogens (primary N) is 1. The van der Waals surface area contributed by atoms with Crippen LogP contribution in [0.5, 0.6) is 0 Å². The third-order valence-corrected chi connectivity index (χ3v) is 11.1. The van der Waals surface area contributed by atoms with Gasteiger partial charge in [-0.05, 0) is 46.5 Å². The van der Waals surface area contributed by atoms with Gasteiger partial charge in [0.05, 0.1) is 52.8 Å². The molecule has 2 aromatic carbocycles. The molecule has 0 unspecified atom stereocenters. The van der Waals surface area contributed by atoms with E-state index in [1.165, 1.54) is 47.0 Å². The Morgan fingerprint density at radius 2 is 0.898 bits per heavy atom. The third kappa shape index (κ3) is 15.0. The van der Waals surface area contributed by atoms with Gasteiger partial charge in [0.1, 0.15) is 13.1 Å². The molecule has 4 aromatic rings. The minimum absolute atomic E-state index is 0. The molecule has 0 aliphatic rings. The Balaban J connectivity index is 0.00000650. The molecule has 0 aliphatic heterocycles. The van der Waals surface area contributed by atoms with Crippen LogP contribution in [-0.4, -0.2) is 88.9 Å². The highest BCUT2D eigenvalue weighted by Gasteiger charge is 2.19. The summed E-state index contributed by atoms with van der Waals surface area (Å²) in [6, 6.07) is 25.4. The smallest absolute Gasteiger partial charge is 0.196 e. The first-order valence-corrected chi connectivity index (χ1v) is 19.3. The average molecular weight is 721 g/mol. The maximum atomic E-state index is 5.79. The molecule has 2 aromatic heterocycles. The molecule has 0 fully saturated rings. The van der Waals surface area contributed by atoms with Crippen molar-refractivity contribution in [3.8, 4) is 0 Å². The van der Waals surface area contributed by atoms with Crippen molar-refractivity contribution >= 4 is 57.3 Å². The van der Waals surface area contributed by atoms with E-state index < -0.39 is 0 Å². The lowest BCUT2D eigenvalue weighted by Gasteiger charge is -2.29. The third-order valence-electron chi connectivity index (χ3n) is 8.69. The van der Waals surface area contributed by atoms with Crippen LogP contribution in [-0.2, 0) is 13.1 Å². The van der Waals surface area contributed by atoms with Crippen molar-refractivity contribution in [2.24, 2.45) is 0 Å². The lowest BCUT2D eigenvalue weighted by Crippen LogP contribution is -3.00. The zero-order valence-electron chi connectivity index (χ0n) is 30.2. The van der Waals surface area contributed by atoms with Crippen molar-refractivity contribution in [2.75, 3.05) is 90.6 Å². The van der Waals surface area contributed by atoms with E-state index in [0.717, 1.165) is 46.4 Å². The SMILES string of the molecule is CN(C)c1ccc(/C=C/c2cc[n+](CC[N+](C)(C)CCSSCC[N+](C)(C)CC[n+]3ccc(/C=C/c4ccc(N)cc4)cc3)cc2)cc1.[Cl-]. The molecule has 0 bridgehead atoms. The number of halogens is 1. The van der Waals surface area contributed by atoms with Crippen molar-refractivity contribution in [3.05, 3.63) is 120 Å². The van der Waals surface area contributed by atoms with Crippen molar-refractivity contribution in [2.45, 2.75) is 13.1 Å². The van der Waals surface area contributed by atoms with E-state index in [4.69, 9.17) is 5.73 Å². The van der Waals surface area contributed by atoms with Crippen LogP contribution in [0.4, 0.5) is 11.4 Å². The zero-order chi connectivity index (χ0) is 34.4. The summed E-state index contributed by atoms with van der Waals surface area (Å²) in [6.07, 6.45) is 17.4. The molecular weight excluding hydrogens is 664 g/mol. The number of anilines is 2. The van der Waals surface area contributed by atoms with Crippen LogP contribution in [0.2, 0.25) is 0 Å². The molecule has 4 rings (SSSR count). The molecule has 262 valence electrons. The van der Waals surface area contributed by atoms with E-state index >= 15 is 0 Å². The van der Waals surface area contributed by atoms with Gasteiger partial charge in [-0.3, -0.25) is 0 Å². The number of pyridine rings is 2. The van der Waals surface area contributed by atoms with E-state index in [9.17, 15) is 0 Å². The summed E-state index contributed by atoms with van der Waals surface area (Å²) in [5, 5.41) is 0. The highest BCUT2D eigenvalue weighted by Crippen LogP contribution is 2.22. The molecule has 6 nitrogen and oxygen atoms in total. The van der Waals surface area contributed by atoms with Gasteiger partial charge < -0.3 is 32.0 Å². The van der Waals surface area contributed by atoms with Gasteiger partial charge in [0, 0.05) is 49.7 Å². The Kier molecular flexibility index (Phi) is 16.2. The molecule has 0 aliphatic carbocycles. The summed E-state index contributed by atoms with van der Waals surface area (Å²) in [5.41, 5.74) is 12.6. The van der Waals surface area contributed by atoms with Gasteiger partial charge in [0.2, 0.25) is 0 Å². The van der Waals surface area contributed by atoms with Crippen LogP contribution in [0, 0.1) is 0 Å². The number of nitrogen functional groups attached to an aromatic ring is 1. The molecule has 0 amide bonds. The van der Waals surface area contributed by atoms with Crippen molar-refractivity contribution < 1.29 is 30.5 Å². The second-order valence-electron chi connectivity index (χ2n) is 14.0. The number of aromatic nitrogens is 2. The van der Waals surface area contributed by atoms with Crippen LogP contribution in [0.25, 0.3) is 24.3 Å². The first kappa shape index (κ1) is 40.2. The van der Waals surface area contributed by atoms with Gasteiger partial charge in [-0.15, -0.1) is 0 Å². The van der Waals surface area contributed by atoms with E-state index in [0.29, 0.717) is 0 Å². The average Bonchev–Trinajstić information content (AvgIpc) is 3.08. The second kappa shape index (κ2) is 19.8. The molecule has 9 heteroatoms. The molecule has 0 atom stereocenters. The van der Waals surface area contributed by atoms with E-state index in [1.807, 2.05) is 45.9 Å². The van der Waals surface area contributed by atoms with Crippen molar-refractivity contribution in [1.82, 2.24) is 0 Å². The molecule has 0 saturated heterocycles. The summed E-state index contributed by atoms with van der Waals surface area (Å²) in [5.74, 6) is 2.34. The predicted molar refractivity (Wildman–Crippen MR) is 211 cm³/mol. The van der Waals surface area contributed by atoms with Gasteiger partial charge in [0.25, 0.3) is 0 Å². The Morgan fingerprint density at radius 1 is 0.551 bits per heavy atom. The summed E-state index contributed by atoms with van der Waals surface area (Å²) in [6.45, 7) is 6.61. The van der Waals surface area contributed by atoms with Gasteiger partial charge >= 0.3 is 0 Å². The molecule has 0 spiro atoms. The fourth-order valence-electron chi connectivity index (χ4n) is 5.02. The van der Waals surface area contributed by atoms with E-state index in [1.54, 1.807) is 0 Å². The molecule has 2 heterocycles. The number of rotatable bonds is 18. The van der Waals surface area contributed by atoms with Crippen molar-refractivity contribution in [1.29, 1.82) is 0 Å². The van der Waals surface area contributed by atoms with E-state index in [2.05, 4.69) is 154 Å². The lowest BCUT2D eigenvalue weighted by atomic mass is 10.1. The summed E-state index contributed by atoms with van der Waals surface area (Å²) >= 11 is 0. The number of quaternary nitrogens is 2. The first-order valence-electron chi connectivity index (χ1n) is 16.8. The Hall–Kier alpha value is -3.27. The van der Waals surface area contributed by atoms with Gasteiger partial charge in [-0.1, -0.05) is 70.2 Å². The molecule has 2 N–H and O–H groups in total. The number of benzene rings is 2. The first-order chi connectivity index (χ1) is 23.0. The largest absolute Gasteiger partial charge is 1.00 e. The van der Waals surface area contributed by atoms with Crippen LogP contribution >= 0.6 is 21.6 Å². The van der Waals surface area contributed by atoms with Crippen LogP contribution < -0.4 is 32.2 Å². The Bertz CT molecular complexity index is 1580. The van der Waals surface area contributed by atoms with Crippen LogP contribution in [0.1, 0.15) is 22.3 Å². The molecule has 0 radical (unpaired) electrons. The predicted octanol–water partition coefficient (Wildman–Crippen LogP) is 3.49. The fourth-order valence-corrected chi connectivity index (χ4v) is 7.54. The number of nitrogens with zero attached hydrogens (tertiary/aromatic N) is 5. The normalized spacial score (nSPS) is 12.0. The molecule has 0 saturated carbocycles. The lowest BCUT2D eigenvalue weighted by molar-refractivity contribution is -0.907. The zero-order valence-corrected chi connectivity index (χ0v) is 32.6. The second-order valence-corrected chi connectivity index (χ2v) is 16.7. The standard InChI is InChI=1S/C40H55N6S2.ClH/c1-42(2)40-17-13-36(14-18-40)8-10-38-21-25-44(26-22-38)28-30-46(5,6)32-34-48-47-33-31-45(3,4)29-27-43-23-19-37(20-24-43)9-7-35-11-15-39(41)16-12-35;/h7-26,41H,27-34H2,1-6H3;1H/q+3;. The number of hydrogen-bond donors (Lipinski definition) is 1. The van der Waals surface area contributed by atoms with Gasteiger partial charge in [-0.25, -0.2) is 0 Å². The van der Waals surface area contributed by atoms with Crippen molar-refractivity contribution in [3.63, 3.8) is 0 Å². The van der Waals surface area contributed by atoms with Gasteiger partial charge in [-0.2, -0.15) is 9.13 Å². The topological polar surface area (TPSA) is 37.0 Å². The quantitative estimate of drug-likeness (QED) is 0.0563. The van der Waals surface area contributed by atoms with Gasteiger partial charge in [0.15, 0.2) is 37.9 Å². The summed E-state index contributed by atoms with van der Waals surface area (Å²) in [4.78, 5) is 2.12. The Labute approximate surface area is 309 Å². The highest BCUT2D eigenvalue weighted by atomic mass is 35.5. The molecular formula is C40H56ClN6S2+3. The van der Waals surface area contributed by atoms with Crippen LogP contribution in [0.3, 0.4) is 0 Å². The summed E-state index contributed by atoms with van der Waals surface area (Å²) in [7, 11) is 17.6. The summed E-state index contributed by atoms with van der Waals surface area (Å²) < 4.78 is 6.65. The van der Waals surface area contributed by atoms with E-state index in [-0.39, 0.29) is 12.4 Å². The maximum Gasteiger partial charge on any atom is 0.196 e. The van der Waals surface area contributed by atoms with Crippen LogP contribution in [0.15, 0.2) is 97.6 Å². The maximum absolute atomic E-state index is 5.79. The minimum Gasteiger partial charge on any atom is -1.00 e. The highest BCUT2D eigenvalue weighted by molar-refractivity contribution is 8.76. The monoisotopic (exact) mass is 719 g/mol. The fraction of sp³-hybridized carbons (Fsp3) is 0.350. The minimum atomic E-state index is 0. The number of likely N-dealkylation sites (N-methyl/N-ethyl adjacent to an activating group) is 2. The Morgan fingerprint density at radius 3 is 1.27 bits per heavy atom.